The Morgan fingerprint density at radius 3 is 2.65 bits per heavy atom. The van der Waals surface area contributed by atoms with Gasteiger partial charge in [-0.05, 0) is 30.0 Å². The lowest BCUT2D eigenvalue weighted by Gasteiger charge is -2.24. The van der Waals surface area contributed by atoms with Crippen LogP contribution in [0.2, 0.25) is 0 Å². The van der Waals surface area contributed by atoms with Gasteiger partial charge in [0.05, 0.1) is 0 Å². The SMILES string of the molecule is CCNC(Cn1ccc2ccccc2c1=O)C(C)CC. The molecule has 20 heavy (non-hydrogen) atoms. The largest absolute Gasteiger partial charge is 0.313 e. The average molecular weight is 272 g/mol. The predicted molar refractivity (Wildman–Crippen MR) is 85.1 cm³/mol. The summed E-state index contributed by atoms with van der Waals surface area (Å²) in [5.41, 5.74) is 0.106. The lowest BCUT2D eigenvalue weighted by molar-refractivity contribution is 0.332. The van der Waals surface area contributed by atoms with Crippen molar-refractivity contribution in [3.63, 3.8) is 0 Å². The van der Waals surface area contributed by atoms with Crippen molar-refractivity contribution in [2.24, 2.45) is 5.92 Å². The van der Waals surface area contributed by atoms with Gasteiger partial charge < -0.3 is 9.88 Å². The number of nitrogens with zero attached hydrogens (tertiary/aromatic N) is 1. The maximum absolute atomic E-state index is 12.5. The van der Waals surface area contributed by atoms with Gasteiger partial charge in [0.25, 0.3) is 5.56 Å². The molecule has 0 radical (unpaired) electrons. The van der Waals surface area contributed by atoms with E-state index < -0.39 is 0 Å². The molecule has 1 N–H and O–H groups in total. The van der Waals surface area contributed by atoms with Gasteiger partial charge in [-0.3, -0.25) is 4.79 Å². The molecule has 0 bridgehead atoms. The standard InChI is InChI=1S/C17H24N2O/c1-4-13(3)16(18-5-2)12-19-11-10-14-8-6-7-9-15(14)17(19)20/h6-11,13,16,18H,4-5,12H2,1-3H3. The second-order valence-electron chi connectivity index (χ2n) is 5.41. The van der Waals surface area contributed by atoms with Crippen LogP contribution in [-0.2, 0) is 6.54 Å². The Balaban J connectivity index is 2.32. The molecule has 0 fully saturated rings. The van der Waals surface area contributed by atoms with Gasteiger partial charge >= 0.3 is 0 Å². The Morgan fingerprint density at radius 2 is 1.95 bits per heavy atom. The van der Waals surface area contributed by atoms with Crippen molar-refractivity contribution in [1.29, 1.82) is 0 Å². The topological polar surface area (TPSA) is 34.0 Å². The molecule has 1 heterocycles. The fraction of sp³-hybridized carbons (Fsp3) is 0.471. The number of hydrogen-bond acceptors (Lipinski definition) is 2. The monoisotopic (exact) mass is 272 g/mol. The lowest BCUT2D eigenvalue weighted by Crippen LogP contribution is -2.40. The Morgan fingerprint density at radius 1 is 1.20 bits per heavy atom. The van der Waals surface area contributed by atoms with Gasteiger partial charge in [0.15, 0.2) is 0 Å². The molecular weight excluding hydrogens is 248 g/mol. The van der Waals surface area contributed by atoms with Crippen molar-refractivity contribution in [2.45, 2.75) is 39.8 Å². The van der Waals surface area contributed by atoms with Gasteiger partial charge in [0.2, 0.25) is 0 Å². The molecule has 0 aliphatic rings. The maximum Gasteiger partial charge on any atom is 0.258 e. The van der Waals surface area contributed by atoms with E-state index in [1.165, 1.54) is 0 Å². The van der Waals surface area contributed by atoms with E-state index in [1.54, 1.807) is 0 Å². The van der Waals surface area contributed by atoms with E-state index in [1.807, 2.05) is 41.1 Å². The molecule has 108 valence electrons. The van der Waals surface area contributed by atoms with Gasteiger partial charge in [-0.15, -0.1) is 0 Å². The first-order valence-corrected chi connectivity index (χ1v) is 7.49. The van der Waals surface area contributed by atoms with Crippen molar-refractivity contribution < 1.29 is 0 Å². The molecule has 0 amide bonds. The number of likely N-dealkylation sites (N-methyl/N-ethyl adjacent to an activating group) is 1. The van der Waals surface area contributed by atoms with Crippen LogP contribution in [0, 0.1) is 5.92 Å². The first kappa shape index (κ1) is 14.8. The molecule has 0 aliphatic heterocycles. The van der Waals surface area contributed by atoms with Crippen LogP contribution in [0.4, 0.5) is 0 Å². The van der Waals surface area contributed by atoms with Crippen LogP contribution in [0.1, 0.15) is 27.2 Å². The minimum absolute atomic E-state index is 0.106. The van der Waals surface area contributed by atoms with Gasteiger partial charge in [0, 0.05) is 24.2 Å². The number of aromatic nitrogens is 1. The average Bonchev–Trinajstić information content (AvgIpc) is 2.48. The van der Waals surface area contributed by atoms with Crippen LogP contribution >= 0.6 is 0 Å². The highest BCUT2D eigenvalue weighted by Crippen LogP contribution is 2.12. The number of nitrogens with one attached hydrogen (secondary N) is 1. The maximum atomic E-state index is 12.5. The summed E-state index contributed by atoms with van der Waals surface area (Å²) in [7, 11) is 0. The second-order valence-corrected chi connectivity index (χ2v) is 5.41. The zero-order valence-corrected chi connectivity index (χ0v) is 12.6. The Hall–Kier alpha value is -1.61. The van der Waals surface area contributed by atoms with Gasteiger partial charge in [-0.25, -0.2) is 0 Å². The molecule has 2 atom stereocenters. The Kier molecular flexibility index (Phi) is 4.96. The molecule has 1 aromatic carbocycles. The van der Waals surface area contributed by atoms with Crippen LogP contribution in [0.25, 0.3) is 10.8 Å². The van der Waals surface area contributed by atoms with E-state index in [0.717, 1.165) is 30.3 Å². The fourth-order valence-corrected chi connectivity index (χ4v) is 2.58. The normalized spacial score (nSPS) is 14.3. The first-order chi connectivity index (χ1) is 9.67. The van der Waals surface area contributed by atoms with Crippen molar-refractivity contribution >= 4 is 10.8 Å². The van der Waals surface area contributed by atoms with Crippen molar-refractivity contribution in [3.8, 4) is 0 Å². The van der Waals surface area contributed by atoms with E-state index in [-0.39, 0.29) is 5.56 Å². The van der Waals surface area contributed by atoms with Gasteiger partial charge in [0.1, 0.15) is 0 Å². The number of fused-ring (bicyclic) bond motifs is 1. The van der Waals surface area contributed by atoms with Crippen molar-refractivity contribution in [3.05, 3.63) is 46.9 Å². The van der Waals surface area contributed by atoms with E-state index in [2.05, 4.69) is 26.1 Å². The molecule has 2 aromatic rings. The van der Waals surface area contributed by atoms with Gasteiger partial charge in [-0.1, -0.05) is 45.4 Å². The smallest absolute Gasteiger partial charge is 0.258 e. The van der Waals surface area contributed by atoms with Crippen molar-refractivity contribution in [2.75, 3.05) is 6.54 Å². The zero-order valence-electron chi connectivity index (χ0n) is 12.6. The zero-order chi connectivity index (χ0) is 14.5. The van der Waals surface area contributed by atoms with Crippen LogP contribution < -0.4 is 10.9 Å². The summed E-state index contributed by atoms with van der Waals surface area (Å²) >= 11 is 0. The van der Waals surface area contributed by atoms with Crippen LogP contribution in [0.15, 0.2) is 41.3 Å². The summed E-state index contributed by atoms with van der Waals surface area (Å²) in [5, 5.41) is 5.31. The molecule has 2 unspecified atom stereocenters. The molecule has 1 aromatic heterocycles. The lowest BCUT2D eigenvalue weighted by atomic mass is 9.99. The van der Waals surface area contributed by atoms with Crippen molar-refractivity contribution in [1.82, 2.24) is 9.88 Å². The fourth-order valence-electron chi connectivity index (χ4n) is 2.58. The molecule has 0 saturated carbocycles. The number of benzene rings is 1. The van der Waals surface area contributed by atoms with Crippen LogP contribution in [0.3, 0.4) is 0 Å². The number of rotatable bonds is 6. The Bertz CT molecular complexity index is 618. The summed E-state index contributed by atoms with van der Waals surface area (Å²) in [5.74, 6) is 0.549. The third-order valence-corrected chi connectivity index (χ3v) is 4.08. The summed E-state index contributed by atoms with van der Waals surface area (Å²) < 4.78 is 1.84. The van der Waals surface area contributed by atoms with Gasteiger partial charge in [-0.2, -0.15) is 0 Å². The number of hydrogen-bond donors (Lipinski definition) is 1. The molecule has 3 heteroatoms. The molecule has 0 aliphatic carbocycles. The molecular formula is C17H24N2O. The third-order valence-electron chi connectivity index (χ3n) is 4.08. The molecule has 0 saturated heterocycles. The van der Waals surface area contributed by atoms with E-state index in [4.69, 9.17) is 0 Å². The van der Waals surface area contributed by atoms with E-state index in [0.29, 0.717) is 12.0 Å². The van der Waals surface area contributed by atoms with Crippen LogP contribution in [-0.4, -0.2) is 17.2 Å². The second kappa shape index (κ2) is 6.71. The highest BCUT2D eigenvalue weighted by molar-refractivity contribution is 5.81. The first-order valence-electron chi connectivity index (χ1n) is 7.49. The summed E-state index contributed by atoms with van der Waals surface area (Å²) in [6, 6.07) is 10.1. The van der Waals surface area contributed by atoms with E-state index in [9.17, 15) is 4.79 Å². The quantitative estimate of drug-likeness (QED) is 0.877. The van der Waals surface area contributed by atoms with E-state index >= 15 is 0 Å². The summed E-state index contributed by atoms with van der Waals surface area (Å²) in [6.45, 7) is 8.19. The molecule has 2 rings (SSSR count). The number of pyridine rings is 1. The molecule has 3 nitrogen and oxygen atoms in total. The third kappa shape index (κ3) is 3.10. The predicted octanol–water partition coefficient (Wildman–Crippen LogP) is 3.03. The summed E-state index contributed by atoms with van der Waals surface area (Å²) in [4.78, 5) is 12.5. The molecule has 0 spiro atoms. The minimum Gasteiger partial charge on any atom is -0.313 e. The minimum atomic E-state index is 0.106. The summed E-state index contributed by atoms with van der Waals surface area (Å²) in [6.07, 6.45) is 3.03. The highest BCUT2D eigenvalue weighted by Gasteiger charge is 2.16. The Labute approximate surface area is 120 Å². The van der Waals surface area contributed by atoms with Crippen LogP contribution in [0.5, 0.6) is 0 Å². The highest BCUT2D eigenvalue weighted by atomic mass is 16.1.